The van der Waals surface area contributed by atoms with Crippen LogP contribution in [0.5, 0.6) is 0 Å². The molecule has 0 fully saturated rings. The Balaban J connectivity index is 1.34. The number of nitrogens with zero attached hydrogens (tertiary/aromatic N) is 3. The van der Waals surface area contributed by atoms with E-state index in [1.54, 1.807) is 0 Å². The smallest absolute Gasteiger partial charge is 0.0542 e. The summed E-state index contributed by atoms with van der Waals surface area (Å²) in [5.74, 6) is 0. The molecule has 0 aliphatic carbocycles. The lowest BCUT2D eigenvalue weighted by molar-refractivity contribution is 1.01. The van der Waals surface area contributed by atoms with Gasteiger partial charge in [0, 0.05) is 61.8 Å². The van der Waals surface area contributed by atoms with Crippen molar-refractivity contribution in [1.29, 1.82) is 0 Å². The number of hydrogen-bond acceptors (Lipinski definition) is 0. The van der Waals surface area contributed by atoms with E-state index in [1.165, 1.54) is 76.8 Å². The third-order valence-corrected chi connectivity index (χ3v) is 8.65. The van der Waals surface area contributed by atoms with Crippen molar-refractivity contribution < 1.29 is 0 Å². The van der Waals surface area contributed by atoms with Gasteiger partial charge in [-0.15, -0.1) is 0 Å². The molecule has 0 atom stereocenters. The fourth-order valence-electron chi connectivity index (χ4n) is 6.87. The summed E-state index contributed by atoms with van der Waals surface area (Å²) < 4.78 is 7.11. The Kier molecular flexibility index (Phi) is 4.26. The summed E-state index contributed by atoms with van der Waals surface area (Å²) in [4.78, 5) is 0. The van der Waals surface area contributed by atoms with Gasteiger partial charge in [-0.25, -0.2) is 0 Å². The van der Waals surface area contributed by atoms with E-state index in [2.05, 4.69) is 154 Å². The lowest BCUT2D eigenvalue weighted by Gasteiger charge is -2.11. The fraction of sp³-hybridized carbons (Fsp3) is 0.0270. The van der Waals surface area contributed by atoms with E-state index in [0.29, 0.717) is 0 Å². The molecule has 0 saturated heterocycles. The number of aryl methyl sites for hydroxylation is 1. The third kappa shape index (κ3) is 2.79. The average molecular weight is 512 g/mol. The number of rotatable bonds is 2. The molecular formula is C37H25N3. The molecule has 188 valence electrons. The number of para-hydroxylation sites is 4. The molecule has 3 aromatic heterocycles. The summed E-state index contributed by atoms with van der Waals surface area (Å²) in [6, 6.07) is 48.7. The topological polar surface area (TPSA) is 14.8 Å². The molecule has 0 unspecified atom stereocenters. The zero-order valence-electron chi connectivity index (χ0n) is 22.0. The minimum absolute atomic E-state index is 1.18. The molecule has 0 aliphatic heterocycles. The van der Waals surface area contributed by atoms with Crippen molar-refractivity contribution >= 4 is 65.4 Å². The lowest BCUT2D eigenvalue weighted by Crippen LogP contribution is -1.96. The van der Waals surface area contributed by atoms with Crippen LogP contribution < -0.4 is 0 Å². The van der Waals surface area contributed by atoms with E-state index in [9.17, 15) is 0 Å². The van der Waals surface area contributed by atoms with Gasteiger partial charge >= 0.3 is 0 Å². The molecule has 9 aromatic rings. The van der Waals surface area contributed by atoms with Crippen molar-refractivity contribution in [2.45, 2.75) is 0 Å². The predicted molar refractivity (Wildman–Crippen MR) is 169 cm³/mol. The van der Waals surface area contributed by atoms with E-state index in [0.717, 1.165) is 0 Å². The van der Waals surface area contributed by atoms with Gasteiger partial charge in [-0.1, -0.05) is 72.8 Å². The number of hydrogen-bond donors (Lipinski definition) is 0. The van der Waals surface area contributed by atoms with E-state index >= 15 is 0 Å². The second kappa shape index (κ2) is 7.87. The second-order valence-corrected chi connectivity index (χ2v) is 10.7. The van der Waals surface area contributed by atoms with Crippen LogP contribution in [0.2, 0.25) is 0 Å². The summed E-state index contributed by atoms with van der Waals surface area (Å²) >= 11 is 0. The van der Waals surface area contributed by atoms with Gasteiger partial charge in [-0.05, 0) is 60.7 Å². The molecule has 0 amide bonds. The third-order valence-electron chi connectivity index (χ3n) is 8.65. The first kappa shape index (κ1) is 21.6. The number of benzene rings is 6. The standard InChI is InChI=1S/C37H25N3/c1-38-32-14-6-2-12-28(32)30-22-24(18-20-33(30)38)40-36-17-9-5-13-29(36)31-23-25(19-21-37(31)40)39-34-15-7-3-10-26(34)27-11-4-8-16-35(27)39/h2-23H,1H3. The molecule has 0 bridgehead atoms. The summed E-state index contributed by atoms with van der Waals surface area (Å²) in [5, 5.41) is 7.65. The monoisotopic (exact) mass is 511 g/mol. The highest BCUT2D eigenvalue weighted by Crippen LogP contribution is 2.38. The van der Waals surface area contributed by atoms with Gasteiger partial charge in [0.05, 0.1) is 22.1 Å². The summed E-state index contributed by atoms with van der Waals surface area (Å²) in [6.07, 6.45) is 0. The van der Waals surface area contributed by atoms with Crippen LogP contribution in [-0.4, -0.2) is 13.7 Å². The molecule has 0 N–H and O–H groups in total. The van der Waals surface area contributed by atoms with Gasteiger partial charge in [-0.2, -0.15) is 0 Å². The molecule has 6 aromatic carbocycles. The highest BCUT2D eigenvalue weighted by atomic mass is 15.0. The number of aromatic nitrogens is 3. The largest absolute Gasteiger partial charge is 0.344 e. The Hall–Kier alpha value is -5.28. The first-order valence-corrected chi connectivity index (χ1v) is 13.8. The maximum absolute atomic E-state index is 2.42. The van der Waals surface area contributed by atoms with Gasteiger partial charge in [0.15, 0.2) is 0 Å². The van der Waals surface area contributed by atoms with Crippen LogP contribution in [-0.2, 0) is 7.05 Å². The highest BCUT2D eigenvalue weighted by Gasteiger charge is 2.17. The van der Waals surface area contributed by atoms with E-state index < -0.39 is 0 Å². The maximum Gasteiger partial charge on any atom is 0.0542 e. The van der Waals surface area contributed by atoms with Crippen molar-refractivity contribution in [2.75, 3.05) is 0 Å². The molecular weight excluding hydrogens is 486 g/mol. The zero-order chi connectivity index (χ0) is 26.4. The van der Waals surface area contributed by atoms with Crippen molar-refractivity contribution in [3.05, 3.63) is 133 Å². The number of fused-ring (bicyclic) bond motifs is 9. The molecule has 9 rings (SSSR count). The van der Waals surface area contributed by atoms with E-state index in [1.807, 2.05) is 0 Å². The van der Waals surface area contributed by atoms with E-state index in [4.69, 9.17) is 0 Å². The molecule has 3 nitrogen and oxygen atoms in total. The van der Waals surface area contributed by atoms with Crippen LogP contribution in [0.15, 0.2) is 133 Å². The molecule has 3 heteroatoms. The Labute approximate surface area is 230 Å². The molecule has 3 heterocycles. The average Bonchev–Trinajstić information content (AvgIpc) is 3.63. The van der Waals surface area contributed by atoms with Crippen LogP contribution >= 0.6 is 0 Å². The predicted octanol–water partition coefficient (Wildman–Crippen LogP) is 9.53. The maximum atomic E-state index is 2.42. The minimum Gasteiger partial charge on any atom is -0.344 e. The molecule has 0 saturated carbocycles. The molecule has 40 heavy (non-hydrogen) atoms. The first-order valence-electron chi connectivity index (χ1n) is 13.8. The summed E-state index contributed by atoms with van der Waals surface area (Å²) in [5.41, 5.74) is 9.76. The van der Waals surface area contributed by atoms with Crippen molar-refractivity contribution in [3.8, 4) is 11.4 Å². The van der Waals surface area contributed by atoms with Gasteiger partial charge in [0.2, 0.25) is 0 Å². The summed E-state index contributed by atoms with van der Waals surface area (Å²) in [7, 11) is 2.15. The highest BCUT2D eigenvalue weighted by molar-refractivity contribution is 6.13. The Morgan fingerprint density at radius 1 is 0.325 bits per heavy atom. The van der Waals surface area contributed by atoms with Crippen LogP contribution in [0.25, 0.3) is 76.8 Å². The Morgan fingerprint density at radius 2 is 0.650 bits per heavy atom. The first-order chi connectivity index (χ1) is 19.8. The molecule has 0 radical (unpaired) electrons. The van der Waals surface area contributed by atoms with Gasteiger partial charge in [0.1, 0.15) is 0 Å². The van der Waals surface area contributed by atoms with Crippen molar-refractivity contribution in [3.63, 3.8) is 0 Å². The summed E-state index contributed by atoms with van der Waals surface area (Å²) in [6.45, 7) is 0. The zero-order valence-corrected chi connectivity index (χ0v) is 22.0. The van der Waals surface area contributed by atoms with Gasteiger partial charge in [-0.3, -0.25) is 0 Å². The van der Waals surface area contributed by atoms with Gasteiger partial charge in [0.25, 0.3) is 0 Å². The van der Waals surface area contributed by atoms with Crippen molar-refractivity contribution in [2.24, 2.45) is 7.05 Å². The van der Waals surface area contributed by atoms with Crippen LogP contribution in [0.1, 0.15) is 0 Å². The lowest BCUT2D eigenvalue weighted by atomic mass is 10.1. The van der Waals surface area contributed by atoms with Crippen LogP contribution in [0.3, 0.4) is 0 Å². The Morgan fingerprint density at radius 3 is 1.18 bits per heavy atom. The van der Waals surface area contributed by atoms with Crippen molar-refractivity contribution in [1.82, 2.24) is 13.7 Å². The molecule has 0 spiro atoms. The molecule has 0 aliphatic rings. The van der Waals surface area contributed by atoms with Crippen LogP contribution in [0, 0.1) is 0 Å². The quantitative estimate of drug-likeness (QED) is 0.219. The normalized spacial score (nSPS) is 12.1. The SMILES string of the molecule is Cn1c2ccccc2c2cc(-n3c4ccccc4c4cc(-n5c6ccccc6c6ccccc65)ccc43)ccc21. The van der Waals surface area contributed by atoms with Gasteiger partial charge < -0.3 is 13.7 Å². The van der Waals surface area contributed by atoms with E-state index in [-0.39, 0.29) is 0 Å². The Bertz CT molecular complexity index is 2390. The minimum atomic E-state index is 1.18. The van der Waals surface area contributed by atoms with Crippen LogP contribution in [0.4, 0.5) is 0 Å². The fourth-order valence-corrected chi connectivity index (χ4v) is 6.87. The second-order valence-electron chi connectivity index (χ2n) is 10.7.